The van der Waals surface area contributed by atoms with E-state index >= 15 is 0 Å². The van der Waals surface area contributed by atoms with Crippen LogP contribution in [0, 0.1) is 5.92 Å². The highest BCUT2D eigenvalue weighted by atomic mass is 127. The molecule has 0 amide bonds. The van der Waals surface area contributed by atoms with E-state index in [0.29, 0.717) is 19.6 Å². The molecule has 0 aromatic carbocycles. The molecule has 0 radical (unpaired) electrons. The minimum atomic E-state index is -4.20. The highest BCUT2D eigenvalue weighted by molar-refractivity contribution is 14.0. The normalized spacial score (nSPS) is 20.6. The van der Waals surface area contributed by atoms with Crippen molar-refractivity contribution in [1.29, 1.82) is 0 Å². The van der Waals surface area contributed by atoms with Crippen LogP contribution in [0.3, 0.4) is 0 Å². The number of sulfonamides is 1. The summed E-state index contributed by atoms with van der Waals surface area (Å²) in [5.41, 5.74) is 0. The van der Waals surface area contributed by atoms with Crippen molar-refractivity contribution in [3.05, 3.63) is 0 Å². The van der Waals surface area contributed by atoms with Crippen LogP contribution in [0.5, 0.6) is 0 Å². The van der Waals surface area contributed by atoms with Gasteiger partial charge >= 0.3 is 6.18 Å². The van der Waals surface area contributed by atoms with Gasteiger partial charge in [-0.3, -0.25) is 4.99 Å². The predicted octanol–water partition coefficient (Wildman–Crippen LogP) is 1.00. The minimum Gasteiger partial charge on any atom is -0.356 e. The van der Waals surface area contributed by atoms with E-state index in [1.807, 2.05) is 0 Å². The Labute approximate surface area is 146 Å². The molecule has 1 saturated heterocycles. The van der Waals surface area contributed by atoms with Crippen LogP contribution in [0.1, 0.15) is 12.8 Å². The molecule has 0 aliphatic carbocycles. The number of nitrogens with zero attached hydrogens (tertiary/aromatic N) is 2. The van der Waals surface area contributed by atoms with Crippen molar-refractivity contribution >= 4 is 40.0 Å². The van der Waals surface area contributed by atoms with Crippen LogP contribution >= 0.6 is 24.0 Å². The van der Waals surface area contributed by atoms with Crippen LogP contribution in [0.4, 0.5) is 13.2 Å². The van der Waals surface area contributed by atoms with Gasteiger partial charge < -0.3 is 10.6 Å². The van der Waals surface area contributed by atoms with Crippen molar-refractivity contribution in [2.24, 2.45) is 10.9 Å². The molecule has 2 N–H and O–H groups in total. The lowest BCUT2D eigenvalue weighted by molar-refractivity contribution is -0.132. The van der Waals surface area contributed by atoms with E-state index in [1.54, 1.807) is 0 Å². The van der Waals surface area contributed by atoms with Crippen molar-refractivity contribution in [3.8, 4) is 0 Å². The molecule has 22 heavy (non-hydrogen) atoms. The quantitative estimate of drug-likeness (QED) is 0.367. The zero-order valence-corrected chi connectivity index (χ0v) is 15.6. The number of alkyl halides is 3. The molecule has 1 rings (SSSR count). The Morgan fingerprint density at radius 3 is 2.45 bits per heavy atom. The Morgan fingerprint density at radius 2 is 2.00 bits per heavy atom. The van der Waals surface area contributed by atoms with Gasteiger partial charge in [0.1, 0.15) is 0 Å². The summed E-state index contributed by atoms with van der Waals surface area (Å²) in [5, 5.41) is 5.50. The maximum Gasteiger partial charge on any atom is 0.390 e. The Kier molecular flexibility index (Phi) is 8.98. The second-order valence-corrected chi connectivity index (χ2v) is 7.00. The zero-order valence-electron chi connectivity index (χ0n) is 12.5. The average molecular weight is 458 g/mol. The Balaban J connectivity index is 0.00000441. The lowest BCUT2D eigenvalue weighted by Gasteiger charge is -2.16. The van der Waals surface area contributed by atoms with Gasteiger partial charge in [0, 0.05) is 33.2 Å². The van der Waals surface area contributed by atoms with E-state index in [0.717, 1.165) is 6.42 Å². The van der Waals surface area contributed by atoms with Crippen LogP contribution in [-0.4, -0.2) is 64.3 Å². The van der Waals surface area contributed by atoms with Gasteiger partial charge in [0.2, 0.25) is 10.0 Å². The van der Waals surface area contributed by atoms with Gasteiger partial charge in [0.05, 0.1) is 12.7 Å². The van der Waals surface area contributed by atoms with Crippen LogP contribution in [-0.2, 0) is 10.0 Å². The molecule has 0 bridgehead atoms. The average Bonchev–Trinajstić information content (AvgIpc) is 2.80. The lowest BCUT2D eigenvalue weighted by Crippen LogP contribution is -2.41. The van der Waals surface area contributed by atoms with Gasteiger partial charge in [-0.1, -0.05) is 0 Å². The summed E-state index contributed by atoms with van der Waals surface area (Å²) in [6.07, 6.45) is -3.24. The Hall–Kier alpha value is -0.300. The minimum absolute atomic E-state index is 0. The highest BCUT2D eigenvalue weighted by Gasteiger charge is 2.29. The smallest absolute Gasteiger partial charge is 0.356 e. The molecule has 132 valence electrons. The van der Waals surface area contributed by atoms with Gasteiger partial charge in [0.15, 0.2) is 5.96 Å². The van der Waals surface area contributed by atoms with Crippen LogP contribution in [0.25, 0.3) is 0 Å². The molecule has 1 aliphatic rings. The fourth-order valence-electron chi connectivity index (χ4n) is 2.05. The van der Waals surface area contributed by atoms with Crippen molar-refractivity contribution in [2.75, 3.05) is 39.5 Å². The first kappa shape index (κ1) is 21.7. The number of nitrogens with one attached hydrogen (secondary N) is 2. The van der Waals surface area contributed by atoms with E-state index < -0.39 is 22.6 Å². The van der Waals surface area contributed by atoms with Gasteiger partial charge in [0.25, 0.3) is 0 Å². The second kappa shape index (κ2) is 9.11. The molecule has 0 aromatic rings. The predicted molar refractivity (Wildman–Crippen MR) is 90.0 cm³/mol. The van der Waals surface area contributed by atoms with Crippen LogP contribution in [0.2, 0.25) is 0 Å². The van der Waals surface area contributed by atoms with E-state index in [9.17, 15) is 21.6 Å². The fraction of sp³-hybridized carbons (Fsp3) is 0.909. The molecular weight excluding hydrogens is 436 g/mol. The maximum atomic E-state index is 12.0. The zero-order chi connectivity index (χ0) is 16.1. The van der Waals surface area contributed by atoms with Gasteiger partial charge in [-0.05, 0) is 12.3 Å². The Morgan fingerprint density at radius 1 is 1.36 bits per heavy atom. The number of hydrogen-bond donors (Lipinski definition) is 2. The third kappa shape index (κ3) is 8.36. The number of guanidine groups is 1. The van der Waals surface area contributed by atoms with E-state index in [-0.39, 0.29) is 42.4 Å². The number of rotatable bonds is 5. The van der Waals surface area contributed by atoms with Crippen molar-refractivity contribution < 1.29 is 21.6 Å². The first-order chi connectivity index (χ1) is 9.62. The first-order valence-electron chi connectivity index (χ1n) is 6.58. The summed E-state index contributed by atoms with van der Waals surface area (Å²) in [4.78, 5) is 3.83. The standard InChI is InChI=1S/C11H21F3N4O2S.HI/c1-15-10(16-5-4-11(12,13)14)17-7-9-3-6-18(8-9)21(2,19)20;/h9H,3-8H2,1-2H3,(H2,15,16,17);1H. The van der Waals surface area contributed by atoms with E-state index in [2.05, 4.69) is 15.6 Å². The molecule has 6 nitrogen and oxygen atoms in total. The summed E-state index contributed by atoms with van der Waals surface area (Å²) in [5.74, 6) is 0.415. The molecule has 1 aliphatic heterocycles. The third-order valence-electron chi connectivity index (χ3n) is 3.20. The molecule has 1 unspecified atom stereocenters. The second-order valence-electron chi connectivity index (χ2n) is 5.02. The summed E-state index contributed by atoms with van der Waals surface area (Å²) >= 11 is 0. The largest absolute Gasteiger partial charge is 0.390 e. The van der Waals surface area contributed by atoms with Crippen LogP contribution in [0.15, 0.2) is 4.99 Å². The van der Waals surface area contributed by atoms with Gasteiger partial charge in [-0.2, -0.15) is 13.2 Å². The van der Waals surface area contributed by atoms with Crippen LogP contribution < -0.4 is 10.6 Å². The van der Waals surface area contributed by atoms with E-state index in [4.69, 9.17) is 0 Å². The topological polar surface area (TPSA) is 73.8 Å². The molecule has 1 fully saturated rings. The SMILES string of the molecule is CN=C(NCCC(F)(F)F)NCC1CCN(S(C)(=O)=O)C1.I. The first-order valence-corrected chi connectivity index (χ1v) is 8.43. The molecule has 0 aromatic heterocycles. The lowest BCUT2D eigenvalue weighted by atomic mass is 10.1. The highest BCUT2D eigenvalue weighted by Crippen LogP contribution is 2.18. The van der Waals surface area contributed by atoms with E-state index in [1.165, 1.54) is 17.6 Å². The fourth-order valence-corrected chi connectivity index (χ4v) is 2.97. The van der Waals surface area contributed by atoms with Gasteiger partial charge in [-0.15, -0.1) is 24.0 Å². The summed E-state index contributed by atoms with van der Waals surface area (Å²) in [7, 11) is -1.70. The molecule has 0 spiro atoms. The molecule has 11 heteroatoms. The van der Waals surface area contributed by atoms with Crippen molar-refractivity contribution in [2.45, 2.75) is 19.0 Å². The molecule has 1 heterocycles. The van der Waals surface area contributed by atoms with Gasteiger partial charge in [-0.25, -0.2) is 12.7 Å². The summed E-state index contributed by atoms with van der Waals surface area (Å²) in [6.45, 7) is 1.12. The maximum absolute atomic E-state index is 12.0. The van der Waals surface area contributed by atoms with Crippen molar-refractivity contribution in [3.63, 3.8) is 0 Å². The summed E-state index contributed by atoms with van der Waals surface area (Å²) in [6, 6.07) is 0. The number of aliphatic imine (C=N–C) groups is 1. The monoisotopic (exact) mass is 458 g/mol. The molecule has 1 atom stereocenters. The third-order valence-corrected chi connectivity index (χ3v) is 4.47. The molecule has 0 saturated carbocycles. The number of hydrogen-bond acceptors (Lipinski definition) is 3. The Bertz CT molecular complexity index is 470. The molecular formula is C11H22F3IN4O2S. The number of halogens is 4. The summed E-state index contributed by atoms with van der Waals surface area (Å²) < 4.78 is 60.2. The van der Waals surface area contributed by atoms with Crippen molar-refractivity contribution in [1.82, 2.24) is 14.9 Å².